The van der Waals surface area contributed by atoms with Crippen molar-refractivity contribution in [2.75, 3.05) is 0 Å². The van der Waals surface area contributed by atoms with Crippen molar-refractivity contribution in [2.45, 2.75) is 6.92 Å². The van der Waals surface area contributed by atoms with Crippen molar-refractivity contribution < 1.29 is 34.5 Å². The first-order valence-corrected chi connectivity index (χ1v) is 6.73. The van der Waals surface area contributed by atoms with Gasteiger partial charge in [0.05, 0.1) is 16.7 Å². The number of hydrogen-bond acceptors (Lipinski definition) is 4. The summed E-state index contributed by atoms with van der Waals surface area (Å²) in [4.78, 5) is 46.7. The van der Waals surface area contributed by atoms with E-state index in [9.17, 15) is 29.4 Å². The van der Waals surface area contributed by atoms with Gasteiger partial charge < -0.3 is 15.3 Å². The molecule has 0 radical (unpaired) electrons. The van der Waals surface area contributed by atoms with E-state index in [-0.39, 0.29) is 16.7 Å². The highest BCUT2D eigenvalue weighted by Crippen LogP contribution is 2.23. The summed E-state index contributed by atoms with van der Waals surface area (Å²) in [5.74, 6) is -5.27. The molecule has 0 amide bonds. The second kappa shape index (κ2) is 6.33. The van der Waals surface area contributed by atoms with E-state index in [0.717, 1.165) is 12.1 Å². The summed E-state index contributed by atoms with van der Waals surface area (Å²) in [7, 11) is 0. The van der Waals surface area contributed by atoms with Crippen molar-refractivity contribution in [3.63, 3.8) is 0 Å². The van der Waals surface area contributed by atoms with Crippen molar-refractivity contribution in [1.29, 1.82) is 0 Å². The summed E-state index contributed by atoms with van der Waals surface area (Å²) in [6.07, 6.45) is 0. The predicted octanol–water partition coefficient (Wildman–Crippen LogP) is 2.32. The zero-order valence-corrected chi connectivity index (χ0v) is 12.4. The van der Waals surface area contributed by atoms with Gasteiger partial charge in [-0.05, 0) is 18.6 Å². The summed E-state index contributed by atoms with van der Waals surface area (Å²) in [5.41, 5.74) is -1.71. The fourth-order valence-electron chi connectivity index (χ4n) is 2.44. The van der Waals surface area contributed by atoms with Crippen LogP contribution < -0.4 is 0 Å². The van der Waals surface area contributed by atoms with Crippen LogP contribution in [0.5, 0.6) is 0 Å². The molecule has 0 heterocycles. The molecule has 7 heteroatoms. The molecule has 0 atom stereocenters. The molecule has 2 rings (SSSR count). The molecule has 0 bridgehead atoms. The minimum Gasteiger partial charge on any atom is -0.478 e. The van der Waals surface area contributed by atoms with Gasteiger partial charge in [0.1, 0.15) is 0 Å². The Kier molecular flexibility index (Phi) is 4.45. The van der Waals surface area contributed by atoms with Gasteiger partial charge in [0.2, 0.25) is 0 Å². The normalized spacial score (nSPS) is 10.2. The zero-order valence-electron chi connectivity index (χ0n) is 12.4. The van der Waals surface area contributed by atoms with Crippen LogP contribution in [-0.2, 0) is 0 Å². The van der Waals surface area contributed by atoms with Crippen LogP contribution in [0, 0.1) is 6.92 Å². The zero-order chi connectivity index (χ0) is 18.0. The van der Waals surface area contributed by atoms with Gasteiger partial charge in [0.25, 0.3) is 0 Å². The molecule has 7 nitrogen and oxygen atoms in total. The predicted molar refractivity (Wildman–Crippen MR) is 81.9 cm³/mol. The Bertz CT molecular complexity index is 881. The summed E-state index contributed by atoms with van der Waals surface area (Å²) in [5, 5.41) is 27.7. The molecular formula is C17H12O7. The summed E-state index contributed by atoms with van der Waals surface area (Å²) in [6, 6.07) is 7.70. The van der Waals surface area contributed by atoms with Gasteiger partial charge in [0.15, 0.2) is 5.78 Å². The number of carbonyl (C=O) groups is 4. The summed E-state index contributed by atoms with van der Waals surface area (Å²) < 4.78 is 0. The van der Waals surface area contributed by atoms with E-state index in [1.807, 2.05) is 0 Å². The molecule has 0 spiro atoms. The fourth-order valence-corrected chi connectivity index (χ4v) is 2.44. The van der Waals surface area contributed by atoms with Gasteiger partial charge in [-0.25, -0.2) is 14.4 Å². The fraction of sp³-hybridized carbons (Fsp3) is 0.0588. The molecule has 0 aromatic heterocycles. The third kappa shape index (κ3) is 2.87. The SMILES string of the molecule is Cc1cccc(C(=O)c2cccc(C(=O)O)c2C(=O)O)c1C(=O)O. The maximum Gasteiger partial charge on any atom is 0.337 e. The number of hydrogen-bond donors (Lipinski definition) is 3. The molecule has 0 aliphatic rings. The number of carbonyl (C=O) groups excluding carboxylic acids is 1. The smallest absolute Gasteiger partial charge is 0.337 e. The van der Waals surface area contributed by atoms with Crippen LogP contribution in [0.15, 0.2) is 36.4 Å². The standard InChI is InChI=1S/C17H12O7/c1-8-4-2-5-9(12(8)16(21)22)14(18)10-6-3-7-11(15(19)20)13(10)17(23)24/h2-7H,1H3,(H,19,20)(H,21,22)(H,23,24). The van der Waals surface area contributed by atoms with Crippen molar-refractivity contribution in [1.82, 2.24) is 0 Å². The van der Waals surface area contributed by atoms with Crippen LogP contribution in [0.1, 0.15) is 52.6 Å². The van der Waals surface area contributed by atoms with Crippen molar-refractivity contribution in [2.24, 2.45) is 0 Å². The highest BCUT2D eigenvalue weighted by Gasteiger charge is 2.27. The van der Waals surface area contributed by atoms with E-state index in [1.54, 1.807) is 0 Å². The summed E-state index contributed by atoms with van der Waals surface area (Å²) >= 11 is 0. The number of aromatic carboxylic acids is 3. The van der Waals surface area contributed by atoms with Crippen LogP contribution in [0.3, 0.4) is 0 Å². The van der Waals surface area contributed by atoms with Gasteiger partial charge in [-0.2, -0.15) is 0 Å². The lowest BCUT2D eigenvalue weighted by molar-refractivity contribution is 0.0649. The van der Waals surface area contributed by atoms with Gasteiger partial charge in [-0.3, -0.25) is 4.79 Å². The van der Waals surface area contributed by atoms with Gasteiger partial charge in [-0.1, -0.05) is 30.3 Å². The van der Waals surface area contributed by atoms with E-state index >= 15 is 0 Å². The van der Waals surface area contributed by atoms with E-state index in [1.165, 1.54) is 31.2 Å². The lowest BCUT2D eigenvalue weighted by atomic mass is 9.91. The first-order valence-electron chi connectivity index (χ1n) is 6.73. The molecule has 3 N–H and O–H groups in total. The molecule has 2 aromatic rings. The minimum atomic E-state index is -1.58. The van der Waals surface area contributed by atoms with E-state index in [2.05, 4.69) is 0 Å². The van der Waals surface area contributed by atoms with Gasteiger partial charge in [-0.15, -0.1) is 0 Å². The molecule has 0 aliphatic carbocycles. The van der Waals surface area contributed by atoms with Crippen molar-refractivity contribution in [3.05, 3.63) is 69.8 Å². The van der Waals surface area contributed by atoms with Crippen molar-refractivity contribution in [3.8, 4) is 0 Å². The third-order valence-electron chi connectivity index (χ3n) is 3.48. The average Bonchev–Trinajstić information content (AvgIpc) is 2.52. The highest BCUT2D eigenvalue weighted by atomic mass is 16.4. The number of rotatable bonds is 5. The van der Waals surface area contributed by atoms with E-state index in [4.69, 9.17) is 5.11 Å². The number of carboxylic acids is 3. The number of aryl methyl sites for hydroxylation is 1. The molecule has 122 valence electrons. The van der Waals surface area contributed by atoms with Crippen LogP contribution >= 0.6 is 0 Å². The van der Waals surface area contributed by atoms with Crippen LogP contribution in [0.4, 0.5) is 0 Å². The van der Waals surface area contributed by atoms with Crippen LogP contribution in [0.25, 0.3) is 0 Å². The maximum atomic E-state index is 12.7. The maximum absolute atomic E-state index is 12.7. The molecule has 24 heavy (non-hydrogen) atoms. The largest absolute Gasteiger partial charge is 0.478 e. The molecule has 0 saturated carbocycles. The highest BCUT2D eigenvalue weighted by molar-refractivity contribution is 6.20. The van der Waals surface area contributed by atoms with Crippen LogP contribution in [0.2, 0.25) is 0 Å². The first-order chi connectivity index (χ1) is 11.3. The molecular weight excluding hydrogens is 316 g/mol. The lowest BCUT2D eigenvalue weighted by Gasteiger charge is -2.11. The molecule has 0 aliphatic heterocycles. The Labute approximate surface area is 135 Å². The number of benzene rings is 2. The van der Waals surface area contributed by atoms with Crippen LogP contribution in [-0.4, -0.2) is 39.0 Å². The summed E-state index contributed by atoms with van der Waals surface area (Å²) in [6.45, 7) is 1.51. The van der Waals surface area contributed by atoms with Gasteiger partial charge in [0, 0.05) is 11.1 Å². The van der Waals surface area contributed by atoms with E-state index < -0.39 is 34.8 Å². The number of carboxylic acid groups (broad SMARTS) is 3. The molecule has 0 fully saturated rings. The second-order valence-corrected chi connectivity index (χ2v) is 4.97. The Hall–Kier alpha value is -3.48. The first kappa shape index (κ1) is 16.9. The second-order valence-electron chi connectivity index (χ2n) is 4.97. The monoisotopic (exact) mass is 328 g/mol. The topological polar surface area (TPSA) is 129 Å². The van der Waals surface area contributed by atoms with Gasteiger partial charge >= 0.3 is 17.9 Å². The Morgan fingerprint density at radius 1 is 0.667 bits per heavy atom. The Morgan fingerprint density at radius 3 is 1.62 bits per heavy atom. The van der Waals surface area contributed by atoms with E-state index in [0.29, 0.717) is 5.56 Å². The third-order valence-corrected chi connectivity index (χ3v) is 3.48. The minimum absolute atomic E-state index is 0.201. The Morgan fingerprint density at radius 2 is 1.12 bits per heavy atom. The molecule has 2 aromatic carbocycles. The van der Waals surface area contributed by atoms with Crippen molar-refractivity contribution >= 4 is 23.7 Å². The number of ketones is 1. The quantitative estimate of drug-likeness (QED) is 0.718. The Balaban J connectivity index is 2.75. The molecule has 0 unspecified atom stereocenters. The molecule has 0 saturated heterocycles. The average molecular weight is 328 g/mol. The lowest BCUT2D eigenvalue weighted by Crippen LogP contribution is -2.17.